The van der Waals surface area contributed by atoms with Crippen molar-refractivity contribution in [2.75, 3.05) is 5.32 Å². The first kappa shape index (κ1) is 19.2. The van der Waals surface area contributed by atoms with Gasteiger partial charge >= 0.3 is 0 Å². The Balaban J connectivity index is 1.45. The van der Waals surface area contributed by atoms with Gasteiger partial charge in [0.1, 0.15) is 5.82 Å². The van der Waals surface area contributed by atoms with E-state index in [-0.39, 0.29) is 17.5 Å². The molecule has 6 nitrogen and oxygen atoms in total. The fraction of sp³-hybridized carbons (Fsp3) is 0.208. The molecule has 7 heteroatoms. The van der Waals surface area contributed by atoms with Gasteiger partial charge < -0.3 is 0 Å². The van der Waals surface area contributed by atoms with Crippen molar-refractivity contribution in [3.05, 3.63) is 82.6 Å². The maximum absolute atomic E-state index is 13.3. The molecule has 1 atom stereocenters. The molecule has 0 saturated heterocycles. The van der Waals surface area contributed by atoms with Gasteiger partial charge in [-0.3, -0.25) is 10.1 Å². The van der Waals surface area contributed by atoms with Gasteiger partial charge in [-0.05, 0) is 55.5 Å². The Kier molecular flexibility index (Phi) is 4.66. The number of hydrogen-bond donors (Lipinski definition) is 1. The lowest BCUT2D eigenvalue weighted by Gasteiger charge is -2.23. The van der Waals surface area contributed by atoms with E-state index < -0.39 is 0 Å². The zero-order valence-electron chi connectivity index (χ0n) is 17.2. The molecule has 0 spiro atoms. The van der Waals surface area contributed by atoms with Gasteiger partial charge in [-0.2, -0.15) is 0 Å². The third-order valence-electron chi connectivity index (χ3n) is 5.65. The molecule has 1 aliphatic carbocycles. The molecule has 0 radical (unpaired) electrons. The maximum atomic E-state index is 13.3. The highest BCUT2D eigenvalue weighted by atomic mass is 19.1. The molecule has 0 aliphatic heterocycles. The predicted octanol–water partition coefficient (Wildman–Crippen LogP) is 4.83. The minimum Gasteiger partial charge on any atom is -0.294 e. The summed E-state index contributed by atoms with van der Waals surface area (Å²) in [6.07, 6.45) is 2.51. The number of ketones is 1. The second-order valence-corrected chi connectivity index (χ2v) is 7.91. The quantitative estimate of drug-likeness (QED) is 0.518. The van der Waals surface area contributed by atoms with Crippen LogP contribution in [0.3, 0.4) is 0 Å². The van der Waals surface area contributed by atoms with Gasteiger partial charge in [-0.15, -0.1) is 0 Å². The highest BCUT2D eigenvalue weighted by molar-refractivity contribution is 5.98. The van der Waals surface area contributed by atoms with E-state index in [1.165, 1.54) is 12.1 Å². The van der Waals surface area contributed by atoms with Gasteiger partial charge in [0.15, 0.2) is 5.78 Å². The zero-order chi connectivity index (χ0) is 21.5. The summed E-state index contributed by atoms with van der Waals surface area (Å²) in [5.41, 5.74) is 4.97. The number of carbonyl (C=O) groups excluding carboxylic acids is 1. The normalized spacial score (nSPS) is 15.7. The Labute approximate surface area is 178 Å². The monoisotopic (exact) mass is 413 g/mol. The van der Waals surface area contributed by atoms with Crippen molar-refractivity contribution in [2.24, 2.45) is 0 Å². The molecule has 154 valence electrons. The van der Waals surface area contributed by atoms with Crippen LogP contribution < -0.4 is 5.32 Å². The van der Waals surface area contributed by atoms with Crippen molar-refractivity contribution >= 4 is 28.6 Å². The summed E-state index contributed by atoms with van der Waals surface area (Å²) < 4.78 is 13.3. The summed E-state index contributed by atoms with van der Waals surface area (Å²) in [5.74, 6) is 0.423. The van der Waals surface area contributed by atoms with Gasteiger partial charge in [0.25, 0.3) is 0 Å². The molecule has 0 fully saturated rings. The number of anilines is 2. The van der Waals surface area contributed by atoms with Crippen LogP contribution in [0.4, 0.5) is 16.3 Å². The molecular weight excluding hydrogens is 393 g/mol. The zero-order valence-corrected chi connectivity index (χ0v) is 17.2. The molecule has 2 aromatic heterocycles. The van der Waals surface area contributed by atoms with E-state index in [0.29, 0.717) is 36.0 Å². The van der Waals surface area contributed by atoms with Gasteiger partial charge in [0.2, 0.25) is 11.9 Å². The smallest absolute Gasteiger partial charge is 0.230 e. The number of nitrogens with zero attached hydrogens (tertiary/aromatic N) is 4. The summed E-state index contributed by atoms with van der Waals surface area (Å²) in [7, 11) is 0. The number of carbonyl (C=O) groups is 1. The minimum atomic E-state index is -0.291. The van der Waals surface area contributed by atoms with E-state index in [1.807, 2.05) is 32.0 Å². The average Bonchev–Trinajstić information content (AvgIpc) is 2.73. The first-order valence-corrected chi connectivity index (χ1v) is 10.1. The van der Waals surface area contributed by atoms with Crippen LogP contribution in [0.15, 0.2) is 48.7 Å². The van der Waals surface area contributed by atoms with Crippen LogP contribution in [0.1, 0.15) is 45.2 Å². The lowest BCUT2D eigenvalue weighted by atomic mass is 9.82. The summed E-state index contributed by atoms with van der Waals surface area (Å²) >= 11 is 0. The topological polar surface area (TPSA) is 80.7 Å². The molecule has 4 aromatic rings. The standard InChI is InChI=1S/C24H20FN5O/c1-13-3-8-18-14(2)27-24(29-20(18)9-13)30-23-26-12-19-21(28-23)10-16(11-22(19)31)15-4-6-17(25)7-5-15/h3-9,12,16H,10-11H2,1-2H3,(H,26,27,28,29,30)/t16-/m0/s1. The third kappa shape index (κ3) is 3.74. The van der Waals surface area contributed by atoms with E-state index in [9.17, 15) is 9.18 Å². The number of Topliss-reactive ketones (excluding diaryl/α,β-unsaturated/α-hetero) is 1. The summed E-state index contributed by atoms with van der Waals surface area (Å²) in [4.78, 5) is 30.6. The SMILES string of the molecule is Cc1ccc2c(C)nc(Nc3ncc4c(n3)C[C@H](c3ccc(F)cc3)CC4=O)nc2c1. The molecule has 0 amide bonds. The summed E-state index contributed by atoms with van der Waals surface area (Å²) in [5, 5.41) is 4.07. The highest BCUT2D eigenvalue weighted by Crippen LogP contribution is 2.32. The molecular formula is C24H20FN5O. The number of halogens is 1. The molecule has 2 aromatic carbocycles. The van der Waals surface area contributed by atoms with E-state index in [1.54, 1.807) is 18.3 Å². The van der Waals surface area contributed by atoms with E-state index >= 15 is 0 Å². The lowest BCUT2D eigenvalue weighted by molar-refractivity contribution is 0.0962. The maximum Gasteiger partial charge on any atom is 0.230 e. The highest BCUT2D eigenvalue weighted by Gasteiger charge is 2.28. The molecule has 0 saturated carbocycles. The number of aryl methyl sites for hydroxylation is 2. The molecule has 1 aliphatic rings. The van der Waals surface area contributed by atoms with Crippen LogP contribution >= 0.6 is 0 Å². The van der Waals surface area contributed by atoms with Gasteiger partial charge in [0, 0.05) is 18.0 Å². The average molecular weight is 413 g/mol. The van der Waals surface area contributed by atoms with E-state index in [0.717, 1.165) is 27.7 Å². The van der Waals surface area contributed by atoms with Crippen molar-refractivity contribution in [1.82, 2.24) is 19.9 Å². The molecule has 1 N–H and O–H groups in total. The van der Waals surface area contributed by atoms with Crippen LogP contribution in [-0.2, 0) is 6.42 Å². The Morgan fingerprint density at radius 2 is 1.77 bits per heavy atom. The van der Waals surface area contributed by atoms with Crippen molar-refractivity contribution in [3.63, 3.8) is 0 Å². The van der Waals surface area contributed by atoms with Crippen molar-refractivity contribution in [1.29, 1.82) is 0 Å². The second kappa shape index (κ2) is 7.50. The summed E-state index contributed by atoms with van der Waals surface area (Å²) in [6, 6.07) is 12.4. The Morgan fingerprint density at radius 1 is 0.968 bits per heavy atom. The minimum absolute atomic E-state index is 0.00426. The number of aromatic nitrogens is 4. The lowest BCUT2D eigenvalue weighted by Crippen LogP contribution is -2.21. The Morgan fingerprint density at radius 3 is 2.58 bits per heavy atom. The number of rotatable bonds is 3. The van der Waals surface area contributed by atoms with Gasteiger partial charge in [0.05, 0.1) is 22.5 Å². The Bertz CT molecular complexity index is 1320. The first-order chi connectivity index (χ1) is 15.0. The van der Waals surface area contributed by atoms with Crippen molar-refractivity contribution in [2.45, 2.75) is 32.6 Å². The molecule has 5 rings (SSSR count). The number of benzene rings is 2. The van der Waals surface area contributed by atoms with Crippen LogP contribution in [0.25, 0.3) is 10.9 Å². The predicted molar refractivity (Wildman–Crippen MR) is 116 cm³/mol. The molecule has 0 bridgehead atoms. The fourth-order valence-corrected chi connectivity index (χ4v) is 4.03. The largest absolute Gasteiger partial charge is 0.294 e. The number of fused-ring (bicyclic) bond motifs is 2. The van der Waals surface area contributed by atoms with Crippen LogP contribution in [0, 0.1) is 19.7 Å². The van der Waals surface area contributed by atoms with Crippen LogP contribution in [-0.4, -0.2) is 25.7 Å². The summed E-state index contributed by atoms with van der Waals surface area (Å²) in [6.45, 7) is 3.95. The van der Waals surface area contributed by atoms with E-state index in [2.05, 4.69) is 25.3 Å². The van der Waals surface area contributed by atoms with Crippen LogP contribution in [0.2, 0.25) is 0 Å². The van der Waals surface area contributed by atoms with Crippen LogP contribution in [0.5, 0.6) is 0 Å². The van der Waals surface area contributed by atoms with Gasteiger partial charge in [-0.25, -0.2) is 24.3 Å². The van der Waals surface area contributed by atoms with Crippen molar-refractivity contribution < 1.29 is 9.18 Å². The molecule has 31 heavy (non-hydrogen) atoms. The third-order valence-corrected chi connectivity index (χ3v) is 5.65. The second-order valence-electron chi connectivity index (χ2n) is 7.91. The molecule has 2 heterocycles. The van der Waals surface area contributed by atoms with Gasteiger partial charge in [-0.1, -0.05) is 24.3 Å². The van der Waals surface area contributed by atoms with Crippen molar-refractivity contribution in [3.8, 4) is 0 Å². The number of nitrogens with one attached hydrogen (secondary N) is 1. The molecule has 0 unspecified atom stereocenters. The fourth-order valence-electron chi connectivity index (χ4n) is 4.03. The Hall–Kier alpha value is -3.74. The van der Waals surface area contributed by atoms with E-state index in [4.69, 9.17) is 0 Å². The number of hydrogen-bond acceptors (Lipinski definition) is 6. The first-order valence-electron chi connectivity index (χ1n) is 10.1.